The van der Waals surface area contributed by atoms with Crippen LogP contribution in [0.5, 0.6) is 5.75 Å². The summed E-state index contributed by atoms with van der Waals surface area (Å²) in [6.45, 7) is 2.21. The molecule has 1 aromatic heterocycles. The monoisotopic (exact) mass is 247 g/mol. The van der Waals surface area contributed by atoms with Crippen molar-refractivity contribution in [1.29, 1.82) is 0 Å². The van der Waals surface area contributed by atoms with Crippen molar-refractivity contribution >= 4 is 11.3 Å². The first kappa shape index (κ1) is 12.1. The molecule has 0 amide bonds. The third-order valence-electron chi connectivity index (χ3n) is 2.78. The van der Waals surface area contributed by atoms with Gasteiger partial charge in [0.15, 0.2) is 0 Å². The first-order valence-electron chi connectivity index (χ1n) is 5.92. The molecule has 90 valence electrons. The lowest BCUT2D eigenvalue weighted by Gasteiger charge is -2.11. The zero-order valence-electron chi connectivity index (χ0n) is 10.3. The summed E-state index contributed by atoms with van der Waals surface area (Å²) in [5.74, 6) is 0.925. The highest BCUT2D eigenvalue weighted by Crippen LogP contribution is 2.35. The number of aryl methyl sites for hydroxylation is 1. The SMILES string of the molecule is CCCCc1cccc(OC)c1-c1nccs1. The first-order valence-corrected chi connectivity index (χ1v) is 6.80. The number of hydrogen-bond acceptors (Lipinski definition) is 3. The molecule has 0 aliphatic rings. The van der Waals surface area contributed by atoms with E-state index in [1.54, 1.807) is 18.4 Å². The molecule has 1 heterocycles. The third kappa shape index (κ3) is 2.67. The zero-order valence-corrected chi connectivity index (χ0v) is 11.1. The van der Waals surface area contributed by atoms with E-state index in [0.29, 0.717) is 0 Å². The number of methoxy groups -OCH3 is 1. The smallest absolute Gasteiger partial charge is 0.129 e. The molecule has 0 N–H and O–H groups in total. The molecule has 0 unspecified atom stereocenters. The summed E-state index contributed by atoms with van der Waals surface area (Å²) in [7, 11) is 1.72. The van der Waals surface area contributed by atoms with Gasteiger partial charge in [0.25, 0.3) is 0 Å². The van der Waals surface area contributed by atoms with Crippen molar-refractivity contribution in [2.24, 2.45) is 0 Å². The normalized spacial score (nSPS) is 10.5. The van der Waals surface area contributed by atoms with Crippen LogP contribution in [0.2, 0.25) is 0 Å². The number of nitrogens with zero attached hydrogens (tertiary/aromatic N) is 1. The van der Waals surface area contributed by atoms with Gasteiger partial charge in [0.2, 0.25) is 0 Å². The molecule has 2 aromatic rings. The van der Waals surface area contributed by atoms with E-state index < -0.39 is 0 Å². The van der Waals surface area contributed by atoms with Crippen LogP contribution in [0, 0.1) is 0 Å². The van der Waals surface area contributed by atoms with Crippen LogP contribution in [-0.4, -0.2) is 12.1 Å². The van der Waals surface area contributed by atoms with Gasteiger partial charge in [-0.25, -0.2) is 4.98 Å². The van der Waals surface area contributed by atoms with E-state index in [1.165, 1.54) is 24.0 Å². The van der Waals surface area contributed by atoms with Crippen LogP contribution in [0.15, 0.2) is 29.8 Å². The van der Waals surface area contributed by atoms with Crippen molar-refractivity contribution in [2.75, 3.05) is 7.11 Å². The van der Waals surface area contributed by atoms with E-state index in [9.17, 15) is 0 Å². The number of aromatic nitrogens is 1. The molecule has 0 atom stereocenters. The lowest BCUT2D eigenvalue weighted by molar-refractivity contribution is 0.416. The highest BCUT2D eigenvalue weighted by atomic mass is 32.1. The molecule has 2 nitrogen and oxygen atoms in total. The van der Waals surface area contributed by atoms with Gasteiger partial charge in [0.1, 0.15) is 10.8 Å². The Morgan fingerprint density at radius 1 is 1.35 bits per heavy atom. The van der Waals surface area contributed by atoms with Crippen LogP contribution in [0.4, 0.5) is 0 Å². The Balaban J connectivity index is 2.44. The summed E-state index contributed by atoms with van der Waals surface area (Å²) in [6.07, 6.45) is 5.33. The second kappa shape index (κ2) is 5.82. The number of hydrogen-bond donors (Lipinski definition) is 0. The number of rotatable bonds is 5. The fourth-order valence-corrected chi connectivity index (χ4v) is 2.63. The zero-order chi connectivity index (χ0) is 12.1. The Bertz CT molecular complexity index is 465. The summed E-state index contributed by atoms with van der Waals surface area (Å²) in [5.41, 5.74) is 2.50. The van der Waals surface area contributed by atoms with Crippen molar-refractivity contribution in [3.05, 3.63) is 35.3 Å². The average Bonchev–Trinajstić information content (AvgIpc) is 2.89. The molecule has 0 aliphatic heterocycles. The summed E-state index contributed by atoms with van der Waals surface area (Å²) >= 11 is 1.66. The molecule has 1 aromatic carbocycles. The van der Waals surface area contributed by atoms with Crippen LogP contribution in [0.25, 0.3) is 10.6 Å². The number of unbranched alkanes of at least 4 members (excludes halogenated alkanes) is 1. The van der Waals surface area contributed by atoms with Crippen molar-refractivity contribution in [1.82, 2.24) is 4.98 Å². The standard InChI is InChI=1S/C14H17NOS/c1-3-4-6-11-7-5-8-12(16-2)13(11)14-15-9-10-17-14/h5,7-10H,3-4,6H2,1-2H3. The van der Waals surface area contributed by atoms with Crippen molar-refractivity contribution < 1.29 is 4.74 Å². The second-order valence-electron chi connectivity index (χ2n) is 3.94. The topological polar surface area (TPSA) is 22.1 Å². The molecule has 0 fully saturated rings. The van der Waals surface area contributed by atoms with Crippen LogP contribution >= 0.6 is 11.3 Å². The van der Waals surface area contributed by atoms with Crippen LogP contribution in [0.3, 0.4) is 0 Å². The third-order valence-corrected chi connectivity index (χ3v) is 3.57. The minimum atomic E-state index is 0.925. The first-order chi connectivity index (χ1) is 8.36. The maximum atomic E-state index is 5.46. The minimum absolute atomic E-state index is 0.925. The summed E-state index contributed by atoms with van der Waals surface area (Å²) in [5, 5.41) is 3.05. The van der Waals surface area contributed by atoms with Gasteiger partial charge >= 0.3 is 0 Å². The fraction of sp³-hybridized carbons (Fsp3) is 0.357. The molecule has 2 rings (SSSR count). The second-order valence-corrected chi connectivity index (χ2v) is 4.83. The van der Waals surface area contributed by atoms with E-state index in [0.717, 1.165) is 17.2 Å². The number of ether oxygens (including phenoxy) is 1. The molecule has 0 saturated heterocycles. The van der Waals surface area contributed by atoms with Gasteiger partial charge in [-0.2, -0.15) is 0 Å². The molecule has 0 bridgehead atoms. The Hall–Kier alpha value is -1.35. The highest BCUT2D eigenvalue weighted by molar-refractivity contribution is 7.13. The Morgan fingerprint density at radius 2 is 2.24 bits per heavy atom. The van der Waals surface area contributed by atoms with Crippen molar-refractivity contribution in [3.63, 3.8) is 0 Å². The maximum absolute atomic E-state index is 5.46. The van der Waals surface area contributed by atoms with E-state index >= 15 is 0 Å². The maximum Gasteiger partial charge on any atom is 0.129 e. The molecule has 0 spiro atoms. The molecule has 3 heteroatoms. The quantitative estimate of drug-likeness (QED) is 0.791. The lowest BCUT2D eigenvalue weighted by atomic mass is 10.0. The predicted molar refractivity (Wildman–Crippen MR) is 72.7 cm³/mol. The number of thiazole rings is 1. The molecular formula is C14H17NOS. The van der Waals surface area contributed by atoms with Gasteiger partial charge in [0.05, 0.1) is 12.7 Å². The summed E-state index contributed by atoms with van der Waals surface area (Å²) < 4.78 is 5.46. The van der Waals surface area contributed by atoms with Crippen molar-refractivity contribution in [3.8, 4) is 16.3 Å². The van der Waals surface area contributed by atoms with Crippen LogP contribution in [-0.2, 0) is 6.42 Å². The molecule has 17 heavy (non-hydrogen) atoms. The van der Waals surface area contributed by atoms with Gasteiger partial charge in [-0.3, -0.25) is 0 Å². The largest absolute Gasteiger partial charge is 0.496 e. The van der Waals surface area contributed by atoms with Gasteiger partial charge in [-0.05, 0) is 24.5 Å². The molecule has 0 aliphatic carbocycles. The summed E-state index contributed by atoms with van der Waals surface area (Å²) in [6, 6.07) is 6.24. The van der Waals surface area contributed by atoms with Gasteiger partial charge in [0, 0.05) is 11.6 Å². The minimum Gasteiger partial charge on any atom is -0.496 e. The Labute approximate surface area is 106 Å². The molecule has 0 saturated carbocycles. The fourth-order valence-electron chi connectivity index (χ4n) is 1.91. The average molecular weight is 247 g/mol. The van der Waals surface area contributed by atoms with Gasteiger partial charge < -0.3 is 4.74 Å². The van der Waals surface area contributed by atoms with Crippen LogP contribution in [0.1, 0.15) is 25.3 Å². The van der Waals surface area contributed by atoms with Gasteiger partial charge in [-0.1, -0.05) is 25.5 Å². The summed E-state index contributed by atoms with van der Waals surface area (Å²) in [4.78, 5) is 4.40. The molecular weight excluding hydrogens is 230 g/mol. The Kier molecular flexibility index (Phi) is 4.15. The van der Waals surface area contributed by atoms with Gasteiger partial charge in [-0.15, -0.1) is 11.3 Å². The van der Waals surface area contributed by atoms with Crippen molar-refractivity contribution in [2.45, 2.75) is 26.2 Å². The predicted octanol–water partition coefficient (Wildman–Crippen LogP) is 4.16. The van der Waals surface area contributed by atoms with Crippen LogP contribution < -0.4 is 4.74 Å². The highest BCUT2D eigenvalue weighted by Gasteiger charge is 2.12. The van der Waals surface area contributed by atoms with E-state index in [-0.39, 0.29) is 0 Å². The molecule has 0 radical (unpaired) electrons. The van der Waals surface area contributed by atoms with E-state index in [1.807, 2.05) is 17.6 Å². The van der Waals surface area contributed by atoms with E-state index in [2.05, 4.69) is 24.0 Å². The van der Waals surface area contributed by atoms with E-state index in [4.69, 9.17) is 4.74 Å². The lowest BCUT2D eigenvalue weighted by Crippen LogP contribution is -1.94. The number of benzene rings is 1. The Morgan fingerprint density at radius 3 is 2.88 bits per heavy atom.